The van der Waals surface area contributed by atoms with Crippen LogP contribution >= 0.6 is 0 Å². The molecule has 0 aliphatic heterocycles. The SMILES string of the molecule is C#CCOc1ccc(C=NN=C(N)N)cc1. The summed E-state index contributed by atoms with van der Waals surface area (Å²) in [7, 11) is 0. The van der Waals surface area contributed by atoms with Gasteiger partial charge in [-0.05, 0) is 29.8 Å². The molecule has 16 heavy (non-hydrogen) atoms. The van der Waals surface area contributed by atoms with Crippen molar-refractivity contribution in [2.75, 3.05) is 6.61 Å². The first-order valence-electron chi connectivity index (χ1n) is 4.50. The van der Waals surface area contributed by atoms with Crippen LogP contribution in [0.25, 0.3) is 0 Å². The van der Waals surface area contributed by atoms with Gasteiger partial charge in [-0.25, -0.2) is 0 Å². The Kier molecular flexibility index (Phi) is 4.41. The van der Waals surface area contributed by atoms with Gasteiger partial charge in [0.25, 0.3) is 0 Å². The molecule has 0 radical (unpaired) electrons. The summed E-state index contributed by atoms with van der Waals surface area (Å²) in [5.74, 6) is 3.01. The van der Waals surface area contributed by atoms with E-state index in [-0.39, 0.29) is 12.6 Å². The monoisotopic (exact) mass is 216 g/mol. The van der Waals surface area contributed by atoms with Crippen LogP contribution in [0, 0.1) is 12.3 Å². The fraction of sp³-hybridized carbons (Fsp3) is 0.0909. The van der Waals surface area contributed by atoms with E-state index in [9.17, 15) is 0 Å². The van der Waals surface area contributed by atoms with Crippen LogP contribution in [0.15, 0.2) is 34.5 Å². The van der Waals surface area contributed by atoms with E-state index in [1.807, 2.05) is 12.1 Å². The van der Waals surface area contributed by atoms with Crippen molar-refractivity contribution in [1.82, 2.24) is 0 Å². The normalized spacial score (nSPS) is 9.69. The molecule has 0 atom stereocenters. The maximum absolute atomic E-state index is 5.20. The summed E-state index contributed by atoms with van der Waals surface area (Å²) in [5.41, 5.74) is 11.1. The molecule has 0 amide bonds. The zero-order valence-corrected chi connectivity index (χ0v) is 8.63. The Labute approximate surface area is 93.8 Å². The molecule has 82 valence electrons. The lowest BCUT2D eigenvalue weighted by Crippen LogP contribution is -2.21. The van der Waals surface area contributed by atoms with Gasteiger partial charge in [0.05, 0.1) is 6.21 Å². The molecule has 0 fully saturated rings. The van der Waals surface area contributed by atoms with Crippen LogP contribution in [-0.4, -0.2) is 18.8 Å². The molecule has 0 saturated heterocycles. The van der Waals surface area contributed by atoms with Crippen LogP contribution in [0.2, 0.25) is 0 Å². The molecule has 0 saturated carbocycles. The lowest BCUT2D eigenvalue weighted by atomic mass is 10.2. The molecule has 4 N–H and O–H groups in total. The highest BCUT2D eigenvalue weighted by atomic mass is 16.5. The molecule has 0 aliphatic rings. The lowest BCUT2D eigenvalue weighted by molar-refractivity contribution is 0.370. The number of guanidine groups is 1. The number of benzene rings is 1. The molecule has 0 bridgehead atoms. The number of nitrogens with two attached hydrogens (primary N) is 2. The summed E-state index contributed by atoms with van der Waals surface area (Å²) in [4.78, 5) is 0. The second-order valence-corrected chi connectivity index (χ2v) is 2.83. The topological polar surface area (TPSA) is 86.0 Å². The maximum atomic E-state index is 5.20. The average molecular weight is 216 g/mol. The fourth-order valence-corrected chi connectivity index (χ4v) is 0.937. The van der Waals surface area contributed by atoms with E-state index in [0.29, 0.717) is 5.75 Å². The zero-order chi connectivity index (χ0) is 11.8. The predicted molar refractivity (Wildman–Crippen MR) is 64.2 cm³/mol. The van der Waals surface area contributed by atoms with Gasteiger partial charge in [-0.2, -0.15) is 5.10 Å². The van der Waals surface area contributed by atoms with Crippen LogP contribution in [-0.2, 0) is 0 Å². The lowest BCUT2D eigenvalue weighted by Gasteiger charge is -2.01. The second kappa shape index (κ2) is 6.09. The quantitative estimate of drug-likeness (QED) is 0.328. The summed E-state index contributed by atoms with van der Waals surface area (Å²) in [6.07, 6.45) is 6.60. The summed E-state index contributed by atoms with van der Waals surface area (Å²) >= 11 is 0. The minimum atomic E-state index is -0.0785. The highest BCUT2D eigenvalue weighted by molar-refractivity contribution is 5.81. The molecule has 0 aromatic heterocycles. The minimum absolute atomic E-state index is 0.0785. The van der Waals surface area contributed by atoms with Gasteiger partial charge >= 0.3 is 0 Å². The van der Waals surface area contributed by atoms with Gasteiger partial charge in [-0.15, -0.1) is 11.5 Å². The number of hydrogen-bond donors (Lipinski definition) is 2. The summed E-state index contributed by atoms with van der Waals surface area (Å²) in [5, 5.41) is 7.15. The Morgan fingerprint density at radius 1 is 1.38 bits per heavy atom. The van der Waals surface area contributed by atoms with E-state index < -0.39 is 0 Å². The third-order valence-electron chi connectivity index (χ3n) is 1.58. The van der Waals surface area contributed by atoms with Crippen molar-refractivity contribution in [2.45, 2.75) is 0 Å². The number of terminal acetylenes is 1. The third-order valence-corrected chi connectivity index (χ3v) is 1.58. The maximum Gasteiger partial charge on any atom is 0.211 e. The summed E-state index contributed by atoms with van der Waals surface area (Å²) in [6.45, 7) is 0.251. The van der Waals surface area contributed by atoms with Crippen LogP contribution in [0.3, 0.4) is 0 Å². The Bertz CT molecular complexity index is 424. The second-order valence-electron chi connectivity index (χ2n) is 2.83. The van der Waals surface area contributed by atoms with E-state index >= 15 is 0 Å². The Morgan fingerprint density at radius 3 is 2.62 bits per heavy atom. The van der Waals surface area contributed by atoms with E-state index in [0.717, 1.165) is 5.56 Å². The van der Waals surface area contributed by atoms with Gasteiger partial charge < -0.3 is 16.2 Å². The van der Waals surface area contributed by atoms with Gasteiger partial charge in [-0.1, -0.05) is 5.92 Å². The van der Waals surface area contributed by atoms with Crippen LogP contribution in [0.4, 0.5) is 0 Å². The predicted octanol–water partition coefficient (Wildman–Crippen LogP) is 0.306. The van der Waals surface area contributed by atoms with Crippen molar-refractivity contribution >= 4 is 12.2 Å². The average Bonchev–Trinajstić information content (AvgIpc) is 2.27. The molecular formula is C11H12N4O. The van der Waals surface area contributed by atoms with Crippen molar-refractivity contribution in [2.24, 2.45) is 21.7 Å². The Balaban J connectivity index is 2.61. The van der Waals surface area contributed by atoms with Gasteiger partial charge in [0.15, 0.2) is 0 Å². The van der Waals surface area contributed by atoms with Crippen molar-refractivity contribution in [3.63, 3.8) is 0 Å². The number of nitrogens with zero attached hydrogens (tertiary/aromatic N) is 2. The van der Waals surface area contributed by atoms with Crippen molar-refractivity contribution in [3.05, 3.63) is 29.8 Å². The van der Waals surface area contributed by atoms with Crippen molar-refractivity contribution < 1.29 is 4.74 Å². The molecule has 1 aromatic rings. The van der Waals surface area contributed by atoms with Gasteiger partial charge in [0.2, 0.25) is 5.96 Å². The molecule has 1 aromatic carbocycles. The standard InChI is InChI=1S/C11H12N4O/c1-2-7-16-10-5-3-9(4-6-10)8-14-15-11(12)13/h1,3-6,8H,7H2,(H4,12,13,15). The number of hydrogen-bond acceptors (Lipinski definition) is 3. The molecule has 5 nitrogen and oxygen atoms in total. The molecule has 0 unspecified atom stereocenters. The van der Waals surface area contributed by atoms with Crippen molar-refractivity contribution in [3.8, 4) is 18.1 Å². The molecule has 1 rings (SSSR count). The molecule has 5 heteroatoms. The first-order chi connectivity index (χ1) is 7.72. The van der Waals surface area contributed by atoms with E-state index in [2.05, 4.69) is 16.1 Å². The first-order valence-corrected chi connectivity index (χ1v) is 4.50. The first kappa shape index (κ1) is 11.6. The van der Waals surface area contributed by atoms with E-state index in [4.69, 9.17) is 22.6 Å². The van der Waals surface area contributed by atoms with E-state index in [1.54, 1.807) is 12.1 Å². The zero-order valence-electron chi connectivity index (χ0n) is 8.63. The van der Waals surface area contributed by atoms with Crippen LogP contribution < -0.4 is 16.2 Å². The fourth-order valence-electron chi connectivity index (χ4n) is 0.937. The largest absolute Gasteiger partial charge is 0.481 e. The van der Waals surface area contributed by atoms with Crippen molar-refractivity contribution in [1.29, 1.82) is 0 Å². The summed E-state index contributed by atoms with van der Waals surface area (Å²) in [6, 6.07) is 7.21. The van der Waals surface area contributed by atoms with Gasteiger partial charge in [0.1, 0.15) is 12.4 Å². The van der Waals surface area contributed by atoms with Gasteiger partial charge in [0, 0.05) is 0 Å². The highest BCUT2D eigenvalue weighted by Gasteiger charge is 1.92. The molecule has 0 heterocycles. The third kappa shape index (κ3) is 4.15. The minimum Gasteiger partial charge on any atom is -0.481 e. The smallest absolute Gasteiger partial charge is 0.211 e. The number of ether oxygens (including phenoxy) is 1. The Hall–Kier alpha value is -2.48. The number of rotatable bonds is 4. The van der Waals surface area contributed by atoms with Crippen LogP contribution in [0.1, 0.15) is 5.56 Å². The Morgan fingerprint density at radius 2 is 2.06 bits per heavy atom. The van der Waals surface area contributed by atoms with E-state index in [1.165, 1.54) is 6.21 Å². The van der Waals surface area contributed by atoms with Gasteiger partial charge in [-0.3, -0.25) is 0 Å². The molecule has 0 spiro atoms. The molecule has 0 aliphatic carbocycles. The van der Waals surface area contributed by atoms with Crippen LogP contribution in [0.5, 0.6) is 5.75 Å². The molecular weight excluding hydrogens is 204 g/mol. The highest BCUT2D eigenvalue weighted by Crippen LogP contribution is 2.10. The summed E-state index contributed by atoms with van der Waals surface area (Å²) < 4.78 is 5.20.